The Hall–Kier alpha value is -3.72. The van der Waals surface area contributed by atoms with Crippen LogP contribution in [0.3, 0.4) is 0 Å². The third kappa shape index (κ3) is 6.93. The molecule has 4 aliphatic rings. The molecular weight excluding hydrogens is 580 g/mol. The summed E-state index contributed by atoms with van der Waals surface area (Å²) in [5, 5.41) is 5.22. The Balaban J connectivity index is 1.38. The van der Waals surface area contributed by atoms with E-state index >= 15 is 0 Å². The number of ether oxygens (including phenoxy) is 2. The summed E-state index contributed by atoms with van der Waals surface area (Å²) < 4.78 is 64.6. The highest BCUT2D eigenvalue weighted by molar-refractivity contribution is 6.38. The topological polar surface area (TPSA) is 135 Å². The maximum Gasteiger partial charge on any atom is 0.419 e. The molecule has 3 heterocycles. The van der Waals surface area contributed by atoms with E-state index in [9.17, 15) is 36.7 Å². The summed E-state index contributed by atoms with van der Waals surface area (Å²) in [6.45, 7) is 2.13. The first-order valence-corrected chi connectivity index (χ1v) is 14.1. The second-order valence-electron chi connectivity index (χ2n) is 11.2. The highest BCUT2D eigenvalue weighted by Gasteiger charge is 2.53. The molecule has 1 aromatic carbocycles. The van der Waals surface area contributed by atoms with Crippen molar-refractivity contribution in [2.45, 2.75) is 81.5 Å². The van der Waals surface area contributed by atoms with E-state index in [1.165, 1.54) is 6.08 Å². The quantitative estimate of drug-likeness (QED) is 0.286. The van der Waals surface area contributed by atoms with E-state index < -0.39 is 65.0 Å². The largest absolute Gasteiger partial charge is 0.444 e. The van der Waals surface area contributed by atoms with E-state index in [-0.39, 0.29) is 43.3 Å². The molecule has 1 aliphatic carbocycles. The van der Waals surface area contributed by atoms with Gasteiger partial charge < -0.3 is 20.1 Å². The lowest BCUT2D eigenvalue weighted by Gasteiger charge is -2.26. The SMILES string of the molecule is CCC[C@H](NC(=O)[C@@H]1C[C@]2(C=C(c3ccc(F)c(C(F)(F)F)c3)NO2)CN1C(=O)O[C@H]1CCOC1)C(=O)C(=O)NC1CC1. The van der Waals surface area contributed by atoms with Crippen LogP contribution in [0.4, 0.5) is 22.4 Å². The van der Waals surface area contributed by atoms with Crippen LogP contribution in [-0.2, 0) is 34.9 Å². The summed E-state index contributed by atoms with van der Waals surface area (Å²) in [5.41, 5.74) is -0.223. The molecule has 3 N–H and O–H groups in total. The lowest BCUT2D eigenvalue weighted by atomic mass is 9.96. The van der Waals surface area contributed by atoms with Gasteiger partial charge in [-0.2, -0.15) is 13.2 Å². The molecule has 1 aromatic rings. The fourth-order valence-corrected chi connectivity index (χ4v) is 5.32. The van der Waals surface area contributed by atoms with Gasteiger partial charge in [0.1, 0.15) is 23.6 Å². The van der Waals surface area contributed by atoms with Crippen LogP contribution in [0.25, 0.3) is 5.70 Å². The van der Waals surface area contributed by atoms with E-state index in [1.54, 1.807) is 6.92 Å². The number of halogens is 4. The van der Waals surface area contributed by atoms with Crippen LogP contribution in [0, 0.1) is 5.82 Å². The number of alkyl halides is 3. The number of likely N-dealkylation sites (tertiary alicyclic amines) is 1. The Kier molecular flexibility index (Phi) is 8.65. The minimum absolute atomic E-state index is 0.0222. The number of hydrogen-bond acceptors (Lipinski definition) is 8. The second-order valence-corrected chi connectivity index (χ2v) is 11.2. The van der Waals surface area contributed by atoms with Gasteiger partial charge in [0.05, 0.1) is 37.1 Å². The van der Waals surface area contributed by atoms with Crippen molar-refractivity contribution in [3.63, 3.8) is 0 Å². The molecule has 3 fully saturated rings. The molecule has 3 amide bonds. The highest BCUT2D eigenvalue weighted by Crippen LogP contribution is 2.39. The van der Waals surface area contributed by atoms with Gasteiger partial charge in [0, 0.05) is 24.4 Å². The van der Waals surface area contributed by atoms with E-state index in [0.29, 0.717) is 31.6 Å². The van der Waals surface area contributed by atoms with Crippen molar-refractivity contribution in [2.24, 2.45) is 0 Å². The van der Waals surface area contributed by atoms with E-state index in [0.717, 1.165) is 23.8 Å². The Morgan fingerprint density at radius 2 is 1.98 bits per heavy atom. The monoisotopic (exact) mass is 612 g/mol. The lowest BCUT2D eigenvalue weighted by Crippen LogP contribution is -2.53. The Morgan fingerprint density at radius 1 is 1.21 bits per heavy atom. The Bertz CT molecular complexity index is 1310. The van der Waals surface area contributed by atoms with Crippen molar-refractivity contribution in [3.05, 3.63) is 41.2 Å². The van der Waals surface area contributed by atoms with E-state index in [1.807, 2.05) is 0 Å². The number of rotatable bonds is 9. The first kappa shape index (κ1) is 30.7. The fraction of sp³-hybridized carbons (Fsp3) is 0.571. The average Bonchev–Trinajstić information content (AvgIpc) is 3.32. The standard InChI is InChI=1S/C28H32F4N4O7/c1-2-3-20(23(37)25(39)33-16-5-6-16)34-24(38)22-12-27(14-36(22)26(40)42-17-8-9-41-13-17)11-21(35-43-27)15-4-7-19(29)18(10-15)28(30,31)32/h4,7,10-11,16-17,20,22,35H,2-3,5-6,8-9,12-14H2,1H3,(H,33,39)(H,34,38)/t17-,20-,22-,27+/m0/s1. The highest BCUT2D eigenvalue weighted by atomic mass is 19.4. The molecule has 0 bridgehead atoms. The molecule has 4 atom stereocenters. The number of carbonyl (C=O) groups is 4. The Labute approximate surface area is 244 Å². The zero-order valence-electron chi connectivity index (χ0n) is 23.3. The van der Waals surface area contributed by atoms with Gasteiger partial charge in [0.15, 0.2) is 0 Å². The minimum Gasteiger partial charge on any atom is -0.444 e. The summed E-state index contributed by atoms with van der Waals surface area (Å²) in [5.74, 6) is -3.76. The number of ketones is 1. The van der Waals surface area contributed by atoms with Crippen molar-refractivity contribution in [3.8, 4) is 0 Å². The molecule has 5 rings (SSSR count). The van der Waals surface area contributed by atoms with Crippen LogP contribution < -0.4 is 16.1 Å². The predicted molar refractivity (Wildman–Crippen MR) is 140 cm³/mol. The molecule has 0 unspecified atom stereocenters. The summed E-state index contributed by atoms with van der Waals surface area (Å²) in [6.07, 6.45) is -2.37. The number of nitrogens with zero attached hydrogens (tertiary/aromatic N) is 1. The molecule has 43 heavy (non-hydrogen) atoms. The van der Waals surface area contributed by atoms with Gasteiger partial charge in [-0.25, -0.2) is 9.18 Å². The van der Waals surface area contributed by atoms with Gasteiger partial charge in [-0.15, -0.1) is 0 Å². The number of carbonyl (C=O) groups excluding carboxylic acids is 4. The predicted octanol–water partition coefficient (Wildman–Crippen LogP) is 2.59. The van der Waals surface area contributed by atoms with Crippen LogP contribution in [0.15, 0.2) is 24.3 Å². The molecule has 1 spiro atoms. The molecule has 2 saturated heterocycles. The Morgan fingerprint density at radius 3 is 2.63 bits per heavy atom. The lowest BCUT2D eigenvalue weighted by molar-refractivity contribution is -0.140. The molecule has 0 aromatic heterocycles. The maximum absolute atomic E-state index is 13.9. The minimum atomic E-state index is -4.93. The zero-order valence-corrected chi connectivity index (χ0v) is 23.3. The van der Waals surface area contributed by atoms with Gasteiger partial charge in [0.25, 0.3) is 5.91 Å². The smallest absolute Gasteiger partial charge is 0.419 e. The van der Waals surface area contributed by atoms with E-state index in [2.05, 4.69) is 16.1 Å². The van der Waals surface area contributed by atoms with Gasteiger partial charge in [0.2, 0.25) is 11.7 Å². The van der Waals surface area contributed by atoms with Crippen molar-refractivity contribution in [1.29, 1.82) is 0 Å². The summed E-state index contributed by atoms with van der Waals surface area (Å²) in [4.78, 5) is 59.0. The van der Waals surface area contributed by atoms with E-state index in [4.69, 9.17) is 14.3 Å². The summed E-state index contributed by atoms with van der Waals surface area (Å²) >= 11 is 0. The van der Waals surface area contributed by atoms with Crippen LogP contribution in [0.5, 0.6) is 0 Å². The first-order chi connectivity index (χ1) is 20.4. The molecule has 3 aliphatic heterocycles. The summed E-state index contributed by atoms with van der Waals surface area (Å²) in [6, 6.07) is 0.0524. The summed E-state index contributed by atoms with van der Waals surface area (Å²) in [7, 11) is 0. The third-order valence-electron chi connectivity index (χ3n) is 7.75. The number of Topliss-reactive ketones (excluding diaryl/α,β-unsaturated/α-hetero) is 1. The van der Waals surface area contributed by atoms with Crippen LogP contribution in [0.2, 0.25) is 0 Å². The van der Waals surface area contributed by atoms with Crippen molar-refractivity contribution in [2.75, 3.05) is 19.8 Å². The van der Waals surface area contributed by atoms with Crippen molar-refractivity contribution >= 4 is 29.4 Å². The number of hydrogen-bond donors (Lipinski definition) is 3. The van der Waals surface area contributed by atoms with Crippen molar-refractivity contribution < 1.29 is 51.1 Å². The van der Waals surface area contributed by atoms with Crippen LogP contribution >= 0.6 is 0 Å². The number of hydroxylamine groups is 1. The second kappa shape index (κ2) is 12.1. The molecule has 15 heteroatoms. The average molecular weight is 613 g/mol. The third-order valence-corrected chi connectivity index (χ3v) is 7.75. The first-order valence-electron chi connectivity index (χ1n) is 14.1. The fourth-order valence-electron chi connectivity index (χ4n) is 5.32. The van der Waals surface area contributed by atoms with Gasteiger partial charge in [-0.3, -0.25) is 29.6 Å². The molecular formula is C28H32F4N4O7. The van der Waals surface area contributed by atoms with Crippen molar-refractivity contribution in [1.82, 2.24) is 21.0 Å². The maximum atomic E-state index is 13.9. The van der Waals surface area contributed by atoms with Gasteiger partial charge >= 0.3 is 12.3 Å². The normalized spacial score (nSPS) is 25.7. The number of amides is 3. The molecule has 11 nitrogen and oxygen atoms in total. The zero-order chi connectivity index (χ0) is 30.9. The van der Waals surface area contributed by atoms with Gasteiger partial charge in [-0.05, 0) is 43.5 Å². The molecule has 1 saturated carbocycles. The number of nitrogens with one attached hydrogen (secondary N) is 3. The van der Waals surface area contributed by atoms with Crippen LogP contribution in [0.1, 0.15) is 56.6 Å². The molecule has 0 radical (unpaired) electrons. The molecule has 234 valence electrons. The van der Waals surface area contributed by atoms with Crippen LogP contribution in [-0.4, -0.2) is 78.2 Å². The van der Waals surface area contributed by atoms with Gasteiger partial charge in [-0.1, -0.05) is 13.3 Å². The number of benzene rings is 1.